The van der Waals surface area contributed by atoms with Crippen molar-refractivity contribution in [2.75, 3.05) is 18.0 Å². The molecule has 3 N–H and O–H groups in total. The van der Waals surface area contributed by atoms with Crippen molar-refractivity contribution in [3.05, 3.63) is 29.6 Å². The Kier molecular flexibility index (Phi) is 3.29. The van der Waals surface area contributed by atoms with Gasteiger partial charge in [-0.15, -0.1) is 0 Å². The average molecular weight is 252 g/mol. The van der Waals surface area contributed by atoms with Crippen LogP contribution in [-0.4, -0.2) is 30.1 Å². The van der Waals surface area contributed by atoms with Gasteiger partial charge in [-0.3, -0.25) is 4.79 Å². The van der Waals surface area contributed by atoms with Gasteiger partial charge in [-0.25, -0.2) is 9.18 Å². The van der Waals surface area contributed by atoms with Crippen LogP contribution in [0.15, 0.2) is 18.2 Å². The van der Waals surface area contributed by atoms with Gasteiger partial charge in [0.1, 0.15) is 5.82 Å². The van der Waals surface area contributed by atoms with E-state index in [9.17, 15) is 14.0 Å². The number of benzene rings is 1. The van der Waals surface area contributed by atoms with Crippen molar-refractivity contribution in [2.24, 2.45) is 11.7 Å². The van der Waals surface area contributed by atoms with E-state index in [2.05, 4.69) is 0 Å². The first-order valence-corrected chi connectivity index (χ1v) is 5.55. The number of aromatic carboxylic acids is 1. The second-order valence-electron chi connectivity index (χ2n) is 4.31. The summed E-state index contributed by atoms with van der Waals surface area (Å²) in [6, 6.07) is 3.37. The van der Waals surface area contributed by atoms with Crippen LogP contribution in [0.2, 0.25) is 0 Å². The maximum absolute atomic E-state index is 13.3. The lowest BCUT2D eigenvalue weighted by Gasteiger charge is -2.17. The molecular formula is C12H13FN2O3. The van der Waals surface area contributed by atoms with E-state index < -0.39 is 11.8 Å². The first-order chi connectivity index (χ1) is 8.51. The Morgan fingerprint density at radius 1 is 1.50 bits per heavy atom. The Morgan fingerprint density at radius 2 is 2.22 bits per heavy atom. The predicted molar refractivity (Wildman–Crippen MR) is 62.9 cm³/mol. The monoisotopic (exact) mass is 252 g/mol. The minimum Gasteiger partial charge on any atom is -0.478 e. The molecule has 1 saturated heterocycles. The molecule has 0 radical (unpaired) electrons. The third-order valence-electron chi connectivity index (χ3n) is 2.98. The molecule has 0 aromatic heterocycles. The molecule has 1 unspecified atom stereocenters. The zero-order valence-corrected chi connectivity index (χ0v) is 9.60. The van der Waals surface area contributed by atoms with Crippen LogP contribution in [0.3, 0.4) is 0 Å². The summed E-state index contributed by atoms with van der Waals surface area (Å²) in [5, 5.41) is 8.85. The van der Waals surface area contributed by atoms with Crippen LogP contribution in [0, 0.1) is 11.7 Å². The zero-order chi connectivity index (χ0) is 13.3. The van der Waals surface area contributed by atoms with Gasteiger partial charge in [0.15, 0.2) is 0 Å². The van der Waals surface area contributed by atoms with E-state index in [1.807, 2.05) is 0 Å². The summed E-state index contributed by atoms with van der Waals surface area (Å²) in [7, 11) is 0. The smallest absolute Gasteiger partial charge is 0.335 e. The highest BCUT2D eigenvalue weighted by atomic mass is 19.1. The first kappa shape index (κ1) is 12.5. The number of carboxylic acids is 1. The molecular weight excluding hydrogens is 239 g/mol. The Balaban J connectivity index is 2.34. The molecule has 96 valence electrons. The molecule has 1 aliphatic rings. The predicted octanol–water partition coefficient (Wildman–Crippen LogP) is 0.836. The van der Waals surface area contributed by atoms with Crippen molar-refractivity contribution in [1.29, 1.82) is 0 Å². The molecule has 1 aliphatic heterocycles. The van der Waals surface area contributed by atoms with Gasteiger partial charge in [0.25, 0.3) is 0 Å². The number of carbonyl (C=O) groups is 2. The van der Waals surface area contributed by atoms with Gasteiger partial charge in [0, 0.05) is 18.7 Å². The van der Waals surface area contributed by atoms with Gasteiger partial charge in [-0.2, -0.15) is 0 Å². The fraction of sp³-hybridized carbons (Fsp3) is 0.333. The number of carboxylic acid groups (broad SMARTS) is 1. The van der Waals surface area contributed by atoms with Gasteiger partial charge >= 0.3 is 5.97 Å². The second kappa shape index (κ2) is 4.73. The quantitative estimate of drug-likeness (QED) is 0.834. The van der Waals surface area contributed by atoms with Crippen LogP contribution >= 0.6 is 0 Å². The Hall–Kier alpha value is -1.95. The molecule has 1 atom stereocenters. The summed E-state index contributed by atoms with van der Waals surface area (Å²) in [5.74, 6) is -2.02. The van der Waals surface area contributed by atoms with E-state index in [-0.39, 0.29) is 23.1 Å². The van der Waals surface area contributed by atoms with Crippen molar-refractivity contribution in [3.8, 4) is 0 Å². The molecule has 0 spiro atoms. The minimum atomic E-state index is -1.22. The van der Waals surface area contributed by atoms with E-state index >= 15 is 0 Å². The standard InChI is InChI=1S/C12H13FN2O3/c13-9-2-8(12(17)18)3-10(4-9)15-6-7(5-14)1-11(15)16/h2-4,7H,1,5-6,14H2,(H,17,18). The summed E-state index contributed by atoms with van der Waals surface area (Å²) in [4.78, 5) is 24.0. The Bertz CT molecular complexity index is 504. The summed E-state index contributed by atoms with van der Waals surface area (Å²) >= 11 is 0. The fourth-order valence-electron chi connectivity index (χ4n) is 2.04. The first-order valence-electron chi connectivity index (χ1n) is 5.55. The van der Waals surface area contributed by atoms with Gasteiger partial charge in [-0.1, -0.05) is 0 Å². The van der Waals surface area contributed by atoms with Crippen molar-refractivity contribution < 1.29 is 19.1 Å². The summed E-state index contributed by atoms with van der Waals surface area (Å²) in [6.45, 7) is 0.779. The third kappa shape index (κ3) is 2.33. The number of rotatable bonds is 3. The van der Waals surface area contributed by atoms with Crippen molar-refractivity contribution >= 4 is 17.6 Å². The van der Waals surface area contributed by atoms with Crippen LogP contribution in [0.4, 0.5) is 10.1 Å². The molecule has 0 saturated carbocycles. The molecule has 0 bridgehead atoms. The molecule has 18 heavy (non-hydrogen) atoms. The molecule has 2 rings (SSSR count). The molecule has 1 aromatic carbocycles. The molecule has 5 nitrogen and oxygen atoms in total. The molecule has 1 aromatic rings. The topological polar surface area (TPSA) is 83.6 Å². The van der Waals surface area contributed by atoms with Crippen LogP contribution in [0.25, 0.3) is 0 Å². The van der Waals surface area contributed by atoms with E-state index in [1.54, 1.807) is 0 Å². The number of hydrogen-bond acceptors (Lipinski definition) is 3. The third-order valence-corrected chi connectivity index (χ3v) is 2.98. The van der Waals surface area contributed by atoms with Gasteiger partial charge in [0.2, 0.25) is 5.91 Å². The lowest BCUT2D eigenvalue weighted by Crippen LogP contribution is -2.26. The number of amides is 1. The van der Waals surface area contributed by atoms with Gasteiger partial charge in [0.05, 0.1) is 5.56 Å². The Morgan fingerprint density at radius 3 is 2.78 bits per heavy atom. The van der Waals surface area contributed by atoms with E-state index in [0.717, 1.165) is 12.1 Å². The van der Waals surface area contributed by atoms with Crippen molar-refractivity contribution in [3.63, 3.8) is 0 Å². The largest absolute Gasteiger partial charge is 0.478 e. The number of anilines is 1. The molecule has 6 heteroatoms. The normalized spacial score (nSPS) is 19.3. The highest BCUT2D eigenvalue weighted by Gasteiger charge is 2.30. The number of carbonyl (C=O) groups excluding carboxylic acids is 1. The Labute approximate surface area is 103 Å². The average Bonchev–Trinajstić information content (AvgIpc) is 2.69. The van der Waals surface area contributed by atoms with Crippen LogP contribution in [0.5, 0.6) is 0 Å². The molecule has 1 fully saturated rings. The maximum atomic E-state index is 13.3. The highest BCUT2D eigenvalue weighted by Crippen LogP contribution is 2.26. The van der Waals surface area contributed by atoms with Gasteiger partial charge in [-0.05, 0) is 30.7 Å². The second-order valence-corrected chi connectivity index (χ2v) is 4.31. The van der Waals surface area contributed by atoms with Crippen LogP contribution < -0.4 is 10.6 Å². The SMILES string of the molecule is NCC1CC(=O)N(c2cc(F)cc(C(=O)O)c2)C1. The maximum Gasteiger partial charge on any atom is 0.335 e. The lowest BCUT2D eigenvalue weighted by atomic mass is 10.1. The van der Waals surface area contributed by atoms with Crippen molar-refractivity contribution in [1.82, 2.24) is 0 Å². The van der Waals surface area contributed by atoms with E-state index in [0.29, 0.717) is 19.5 Å². The number of nitrogens with two attached hydrogens (primary N) is 1. The fourth-order valence-corrected chi connectivity index (χ4v) is 2.04. The van der Waals surface area contributed by atoms with Gasteiger partial charge < -0.3 is 15.7 Å². The van der Waals surface area contributed by atoms with E-state index in [4.69, 9.17) is 10.8 Å². The molecule has 1 amide bonds. The zero-order valence-electron chi connectivity index (χ0n) is 9.60. The molecule has 0 aliphatic carbocycles. The van der Waals surface area contributed by atoms with Crippen LogP contribution in [0.1, 0.15) is 16.8 Å². The minimum absolute atomic E-state index is 0.0362. The highest BCUT2D eigenvalue weighted by molar-refractivity contribution is 5.97. The number of hydrogen-bond donors (Lipinski definition) is 2. The van der Waals surface area contributed by atoms with Crippen LogP contribution in [-0.2, 0) is 4.79 Å². The number of nitrogens with zero attached hydrogens (tertiary/aromatic N) is 1. The summed E-state index contributed by atoms with van der Waals surface area (Å²) in [5.41, 5.74) is 5.60. The van der Waals surface area contributed by atoms with Crippen molar-refractivity contribution in [2.45, 2.75) is 6.42 Å². The molecule has 1 heterocycles. The lowest BCUT2D eigenvalue weighted by molar-refractivity contribution is -0.117. The summed E-state index contributed by atoms with van der Waals surface area (Å²) < 4.78 is 13.3. The number of halogens is 1. The van der Waals surface area contributed by atoms with E-state index in [1.165, 1.54) is 11.0 Å². The summed E-state index contributed by atoms with van der Waals surface area (Å²) in [6.07, 6.45) is 0.315.